The molecule has 1 N–H and O–H groups in total. The molecule has 224 valence electrons. The number of nitrogens with zero attached hydrogens (tertiary/aromatic N) is 2. The smallest absolute Gasteiger partial charge is 0.408 e. The van der Waals surface area contributed by atoms with Gasteiger partial charge in [-0.15, -0.1) is 0 Å². The summed E-state index contributed by atoms with van der Waals surface area (Å²) in [6.45, 7) is 13.8. The predicted molar refractivity (Wildman–Crippen MR) is 152 cm³/mol. The molecule has 0 aliphatic carbocycles. The molecule has 0 bridgehead atoms. The molecule has 1 aromatic rings. The molecule has 2 aliphatic rings. The Morgan fingerprint density at radius 3 is 2.35 bits per heavy atom. The van der Waals surface area contributed by atoms with Crippen molar-refractivity contribution in [2.75, 3.05) is 26.2 Å². The third-order valence-electron chi connectivity index (χ3n) is 8.37. The molecule has 3 rings (SSSR count). The Bertz CT molecular complexity index is 1020. The normalized spacial score (nSPS) is 21.1. The lowest BCUT2D eigenvalue weighted by atomic mass is 9.74. The van der Waals surface area contributed by atoms with E-state index in [-0.39, 0.29) is 17.7 Å². The van der Waals surface area contributed by atoms with E-state index < -0.39 is 35.2 Å². The number of hydrogen-bond donors (Lipinski definition) is 1. The van der Waals surface area contributed by atoms with E-state index >= 15 is 0 Å². The van der Waals surface area contributed by atoms with Crippen molar-refractivity contribution in [1.82, 2.24) is 15.1 Å². The maximum atomic E-state index is 14.3. The Hall–Kier alpha value is -2.68. The fourth-order valence-corrected chi connectivity index (χ4v) is 6.21. The maximum absolute atomic E-state index is 14.3. The van der Waals surface area contributed by atoms with Gasteiger partial charge in [0.25, 0.3) is 0 Å². The standard InChI is InChI=1S/C31H48FN3O5/c1-7-31(8-2,28(37)39-20-19-34-17-10-9-11-18-34)26-16-15-25(23-13-12-14-24(32)21-23)35(26)27(36)22(3)33-29(38)40-30(4,5)6/h12-14,21-22,25-26H,7-11,15-20H2,1-6H3,(H,33,38)/t22-,25+,26-/m1/s1. The van der Waals surface area contributed by atoms with Crippen LogP contribution in [0, 0.1) is 11.2 Å². The van der Waals surface area contributed by atoms with Gasteiger partial charge in [0.05, 0.1) is 11.5 Å². The largest absolute Gasteiger partial charge is 0.464 e. The average molecular weight is 562 g/mol. The monoisotopic (exact) mass is 561 g/mol. The summed E-state index contributed by atoms with van der Waals surface area (Å²) >= 11 is 0. The Labute approximate surface area is 238 Å². The number of alkyl carbamates (subject to hydrolysis) is 1. The number of rotatable bonds is 10. The summed E-state index contributed by atoms with van der Waals surface area (Å²) in [6, 6.07) is 4.44. The van der Waals surface area contributed by atoms with Crippen molar-refractivity contribution in [2.45, 2.75) is 110 Å². The van der Waals surface area contributed by atoms with Crippen molar-refractivity contribution in [3.8, 4) is 0 Å². The van der Waals surface area contributed by atoms with Gasteiger partial charge in [-0.25, -0.2) is 9.18 Å². The van der Waals surface area contributed by atoms with E-state index in [0.29, 0.717) is 44.4 Å². The van der Waals surface area contributed by atoms with Crippen LogP contribution in [0.5, 0.6) is 0 Å². The van der Waals surface area contributed by atoms with Crippen LogP contribution < -0.4 is 5.32 Å². The SMILES string of the molecule is CCC(CC)(C(=O)OCCN1CCCCC1)[C@H]1CC[C@@H](c2cccc(F)c2)N1C(=O)[C@@H](C)NC(=O)OC(C)(C)C. The molecule has 0 radical (unpaired) electrons. The third kappa shape index (κ3) is 7.74. The molecule has 2 heterocycles. The lowest BCUT2D eigenvalue weighted by Gasteiger charge is -2.43. The molecule has 2 fully saturated rings. The zero-order valence-electron chi connectivity index (χ0n) is 25.1. The summed E-state index contributed by atoms with van der Waals surface area (Å²) in [7, 11) is 0. The molecule has 0 spiro atoms. The molecule has 0 aromatic heterocycles. The van der Waals surface area contributed by atoms with Gasteiger partial charge in [0.15, 0.2) is 0 Å². The molecule has 2 saturated heterocycles. The van der Waals surface area contributed by atoms with Crippen LogP contribution in [0.2, 0.25) is 0 Å². The first-order valence-electron chi connectivity index (χ1n) is 14.9. The molecular formula is C31H48FN3O5. The van der Waals surface area contributed by atoms with E-state index in [9.17, 15) is 18.8 Å². The second-order valence-electron chi connectivity index (χ2n) is 12.2. The first-order chi connectivity index (χ1) is 18.9. The summed E-state index contributed by atoms with van der Waals surface area (Å²) < 4.78 is 25.5. The number of hydrogen-bond acceptors (Lipinski definition) is 6. The minimum Gasteiger partial charge on any atom is -0.464 e. The summed E-state index contributed by atoms with van der Waals surface area (Å²) in [5.74, 6) is -1.03. The van der Waals surface area contributed by atoms with Gasteiger partial charge in [0, 0.05) is 12.6 Å². The summed E-state index contributed by atoms with van der Waals surface area (Å²) in [5.41, 5.74) is -0.976. The lowest BCUT2D eigenvalue weighted by molar-refractivity contribution is -0.164. The number of halogens is 1. The van der Waals surface area contributed by atoms with Crippen LogP contribution in [-0.2, 0) is 19.1 Å². The Kier molecular flexibility index (Phi) is 11.0. The minimum absolute atomic E-state index is 0.301. The minimum atomic E-state index is -0.925. The first-order valence-corrected chi connectivity index (χ1v) is 14.9. The first kappa shape index (κ1) is 31.8. The van der Waals surface area contributed by atoms with Crippen molar-refractivity contribution >= 4 is 18.0 Å². The fourth-order valence-electron chi connectivity index (χ4n) is 6.21. The molecule has 0 saturated carbocycles. The second kappa shape index (κ2) is 13.8. The average Bonchev–Trinajstić information content (AvgIpc) is 3.34. The molecule has 9 heteroatoms. The molecular weight excluding hydrogens is 513 g/mol. The van der Waals surface area contributed by atoms with E-state index in [2.05, 4.69) is 10.2 Å². The summed E-state index contributed by atoms with van der Waals surface area (Å²) in [5, 5.41) is 2.66. The van der Waals surface area contributed by atoms with Crippen LogP contribution in [0.1, 0.15) is 98.1 Å². The molecule has 3 atom stereocenters. The van der Waals surface area contributed by atoms with Gasteiger partial charge in [-0.2, -0.15) is 0 Å². The molecule has 0 unspecified atom stereocenters. The number of carbonyl (C=O) groups excluding carboxylic acids is 3. The number of esters is 1. The van der Waals surface area contributed by atoms with Crippen LogP contribution >= 0.6 is 0 Å². The van der Waals surface area contributed by atoms with Crippen molar-refractivity contribution in [3.05, 3.63) is 35.6 Å². The molecule has 2 amide bonds. The Balaban J connectivity index is 1.87. The van der Waals surface area contributed by atoms with Crippen molar-refractivity contribution < 1.29 is 28.2 Å². The number of piperidine rings is 1. The number of amides is 2. The van der Waals surface area contributed by atoms with Crippen molar-refractivity contribution in [1.29, 1.82) is 0 Å². The molecule has 8 nitrogen and oxygen atoms in total. The quantitative estimate of drug-likeness (QED) is 0.374. The highest BCUT2D eigenvalue weighted by Gasteiger charge is 2.53. The number of likely N-dealkylation sites (tertiary alicyclic amines) is 2. The van der Waals surface area contributed by atoms with Gasteiger partial charge in [0.2, 0.25) is 5.91 Å². The van der Waals surface area contributed by atoms with Crippen LogP contribution in [0.4, 0.5) is 9.18 Å². The van der Waals surface area contributed by atoms with Gasteiger partial charge >= 0.3 is 12.1 Å². The molecule has 2 aliphatic heterocycles. The van der Waals surface area contributed by atoms with Crippen molar-refractivity contribution in [3.63, 3.8) is 0 Å². The zero-order valence-corrected chi connectivity index (χ0v) is 25.1. The number of ether oxygens (including phenoxy) is 2. The second-order valence-corrected chi connectivity index (χ2v) is 12.2. The van der Waals surface area contributed by atoms with E-state index in [4.69, 9.17) is 9.47 Å². The zero-order chi connectivity index (χ0) is 29.5. The number of carbonyl (C=O) groups is 3. The highest BCUT2D eigenvalue weighted by Crippen LogP contribution is 2.47. The highest BCUT2D eigenvalue weighted by atomic mass is 19.1. The van der Waals surface area contributed by atoms with Gasteiger partial charge in [-0.05, 0) is 97.0 Å². The maximum Gasteiger partial charge on any atom is 0.408 e. The van der Waals surface area contributed by atoms with Gasteiger partial charge in [0.1, 0.15) is 24.1 Å². The van der Waals surface area contributed by atoms with E-state index in [1.54, 1.807) is 44.7 Å². The van der Waals surface area contributed by atoms with Crippen LogP contribution in [0.25, 0.3) is 0 Å². The molecule has 40 heavy (non-hydrogen) atoms. The third-order valence-corrected chi connectivity index (χ3v) is 8.37. The fraction of sp³-hybridized carbons (Fsp3) is 0.710. The van der Waals surface area contributed by atoms with Crippen LogP contribution in [0.15, 0.2) is 24.3 Å². The van der Waals surface area contributed by atoms with E-state index in [1.165, 1.54) is 18.6 Å². The Morgan fingerprint density at radius 2 is 1.75 bits per heavy atom. The number of nitrogens with one attached hydrogen (secondary N) is 1. The van der Waals surface area contributed by atoms with Gasteiger partial charge in [-0.1, -0.05) is 32.4 Å². The topological polar surface area (TPSA) is 88.2 Å². The van der Waals surface area contributed by atoms with Gasteiger partial charge < -0.3 is 19.7 Å². The van der Waals surface area contributed by atoms with Gasteiger partial charge in [-0.3, -0.25) is 14.5 Å². The van der Waals surface area contributed by atoms with Crippen LogP contribution in [0.3, 0.4) is 0 Å². The Morgan fingerprint density at radius 1 is 1.07 bits per heavy atom. The summed E-state index contributed by atoms with van der Waals surface area (Å²) in [4.78, 5) is 44.4. The molecule has 1 aromatic carbocycles. The predicted octanol–water partition coefficient (Wildman–Crippen LogP) is 5.61. The lowest BCUT2D eigenvalue weighted by Crippen LogP contribution is -2.56. The van der Waals surface area contributed by atoms with E-state index in [0.717, 1.165) is 25.9 Å². The summed E-state index contributed by atoms with van der Waals surface area (Å²) in [6.07, 6.45) is 4.99. The highest BCUT2D eigenvalue weighted by molar-refractivity contribution is 5.87. The van der Waals surface area contributed by atoms with Crippen molar-refractivity contribution in [2.24, 2.45) is 5.41 Å². The van der Waals surface area contributed by atoms with Crippen LogP contribution in [-0.4, -0.2) is 71.7 Å². The number of benzene rings is 1. The van der Waals surface area contributed by atoms with E-state index in [1.807, 2.05) is 13.8 Å².